The summed E-state index contributed by atoms with van der Waals surface area (Å²) in [6, 6.07) is 13.6. The molecule has 0 bridgehead atoms. The van der Waals surface area contributed by atoms with Crippen molar-refractivity contribution in [3.63, 3.8) is 0 Å². The van der Waals surface area contributed by atoms with Gasteiger partial charge in [-0.3, -0.25) is 0 Å². The van der Waals surface area contributed by atoms with Crippen LogP contribution in [0.3, 0.4) is 0 Å². The van der Waals surface area contributed by atoms with E-state index in [1.807, 2.05) is 56.3 Å². The minimum atomic E-state index is 0.720. The summed E-state index contributed by atoms with van der Waals surface area (Å²) in [5, 5.41) is 14.5. The number of hydrogen-bond donors (Lipinski definition) is 2. The van der Waals surface area contributed by atoms with Gasteiger partial charge in [0.05, 0.1) is 5.69 Å². The topological polar surface area (TPSA) is 75.6 Å². The highest BCUT2D eigenvalue weighted by molar-refractivity contribution is 5.63. The lowest BCUT2D eigenvalue weighted by Crippen LogP contribution is -1.97. The number of nitrogens with zero attached hydrogens (tertiary/aromatic N) is 4. The lowest BCUT2D eigenvalue weighted by Gasteiger charge is -2.08. The SMILES string of the molecule is Cc1cc(Nc2ccc(Nc3ccc(C)nn3)cc2)ncn1. The molecule has 22 heavy (non-hydrogen) atoms. The van der Waals surface area contributed by atoms with Gasteiger partial charge in [-0.05, 0) is 50.2 Å². The first kappa shape index (κ1) is 13.9. The van der Waals surface area contributed by atoms with Crippen LogP contribution < -0.4 is 10.6 Å². The molecule has 0 unspecified atom stereocenters. The molecule has 2 aromatic heterocycles. The van der Waals surface area contributed by atoms with Crippen LogP contribution in [-0.2, 0) is 0 Å². The van der Waals surface area contributed by atoms with Gasteiger partial charge in [0.2, 0.25) is 0 Å². The zero-order valence-corrected chi connectivity index (χ0v) is 12.4. The van der Waals surface area contributed by atoms with E-state index in [9.17, 15) is 0 Å². The monoisotopic (exact) mass is 292 g/mol. The first-order valence-electron chi connectivity index (χ1n) is 6.92. The van der Waals surface area contributed by atoms with Crippen molar-refractivity contribution in [2.45, 2.75) is 13.8 Å². The maximum atomic E-state index is 4.18. The van der Waals surface area contributed by atoms with Crippen molar-refractivity contribution < 1.29 is 0 Å². The third-order valence-electron chi connectivity index (χ3n) is 3.03. The zero-order valence-electron chi connectivity index (χ0n) is 12.4. The van der Waals surface area contributed by atoms with Crippen molar-refractivity contribution in [2.75, 3.05) is 10.6 Å². The van der Waals surface area contributed by atoms with Gasteiger partial charge in [-0.15, -0.1) is 5.10 Å². The number of aromatic nitrogens is 4. The van der Waals surface area contributed by atoms with Gasteiger partial charge in [0.15, 0.2) is 5.82 Å². The summed E-state index contributed by atoms with van der Waals surface area (Å²) in [6.45, 7) is 3.84. The van der Waals surface area contributed by atoms with E-state index in [0.29, 0.717) is 0 Å². The summed E-state index contributed by atoms with van der Waals surface area (Å²) in [6.07, 6.45) is 1.55. The van der Waals surface area contributed by atoms with Gasteiger partial charge < -0.3 is 10.6 Å². The lowest BCUT2D eigenvalue weighted by atomic mass is 10.2. The molecule has 0 saturated carbocycles. The fourth-order valence-electron chi connectivity index (χ4n) is 1.92. The van der Waals surface area contributed by atoms with E-state index in [-0.39, 0.29) is 0 Å². The van der Waals surface area contributed by atoms with Crippen molar-refractivity contribution in [1.82, 2.24) is 20.2 Å². The van der Waals surface area contributed by atoms with Crippen LogP contribution in [0.2, 0.25) is 0 Å². The number of anilines is 4. The first-order valence-corrected chi connectivity index (χ1v) is 6.92. The molecule has 0 amide bonds. The van der Waals surface area contributed by atoms with Crippen molar-refractivity contribution in [3.05, 3.63) is 60.2 Å². The Morgan fingerprint density at radius 3 is 1.95 bits per heavy atom. The van der Waals surface area contributed by atoms with Crippen LogP contribution in [0.25, 0.3) is 0 Å². The molecule has 3 rings (SSSR count). The van der Waals surface area contributed by atoms with Crippen LogP contribution in [-0.4, -0.2) is 20.2 Å². The van der Waals surface area contributed by atoms with E-state index in [4.69, 9.17) is 0 Å². The molecule has 0 spiro atoms. The largest absolute Gasteiger partial charge is 0.340 e. The Kier molecular flexibility index (Phi) is 3.91. The molecular weight excluding hydrogens is 276 g/mol. The summed E-state index contributed by atoms with van der Waals surface area (Å²) in [4.78, 5) is 8.25. The van der Waals surface area contributed by atoms with Crippen LogP contribution in [0.15, 0.2) is 48.8 Å². The van der Waals surface area contributed by atoms with Crippen LogP contribution in [0.1, 0.15) is 11.4 Å². The van der Waals surface area contributed by atoms with E-state index in [0.717, 1.165) is 34.4 Å². The number of benzene rings is 1. The van der Waals surface area contributed by atoms with Gasteiger partial charge in [-0.1, -0.05) is 0 Å². The maximum absolute atomic E-state index is 4.18. The highest BCUT2D eigenvalue weighted by Crippen LogP contribution is 2.19. The third-order valence-corrected chi connectivity index (χ3v) is 3.03. The van der Waals surface area contributed by atoms with E-state index >= 15 is 0 Å². The Morgan fingerprint density at radius 1 is 0.682 bits per heavy atom. The first-order chi connectivity index (χ1) is 10.7. The highest BCUT2D eigenvalue weighted by Gasteiger charge is 1.99. The van der Waals surface area contributed by atoms with Crippen LogP contribution in [0.4, 0.5) is 23.0 Å². The second-order valence-corrected chi connectivity index (χ2v) is 4.93. The van der Waals surface area contributed by atoms with E-state index in [2.05, 4.69) is 30.8 Å². The summed E-state index contributed by atoms with van der Waals surface area (Å²) in [5.74, 6) is 1.50. The molecule has 0 fully saturated rings. The van der Waals surface area contributed by atoms with E-state index < -0.39 is 0 Å². The van der Waals surface area contributed by atoms with Crippen molar-refractivity contribution >= 4 is 23.0 Å². The van der Waals surface area contributed by atoms with Gasteiger partial charge in [0, 0.05) is 23.1 Å². The van der Waals surface area contributed by atoms with Gasteiger partial charge in [-0.25, -0.2) is 9.97 Å². The second kappa shape index (κ2) is 6.17. The molecule has 0 aliphatic heterocycles. The molecule has 0 aliphatic carbocycles. The Hall–Kier alpha value is -3.02. The molecule has 110 valence electrons. The smallest absolute Gasteiger partial charge is 0.153 e. The van der Waals surface area contributed by atoms with Crippen molar-refractivity contribution in [1.29, 1.82) is 0 Å². The quantitative estimate of drug-likeness (QED) is 0.768. The molecule has 0 aliphatic rings. The molecule has 2 N–H and O–H groups in total. The Labute approximate surface area is 128 Å². The average molecular weight is 292 g/mol. The highest BCUT2D eigenvalue weighted by atomic mass is 15.2. The average Bonchev–Trinajstić information content (AvgIpc) is 2.52. The molecule has 1 aromatic carbocycles. The predicted octanol–water partition coefficient (Wildman–Crippen LogP) is 3.37. The van der Waals surface area contributed by atoms with Gasteiger partial charge in [-0.2, -0.15) is 5.10 Å². The molecule has 3 aromatic rings. The predicted molar refractivity (Wildman–Crippen MR) is 86.5 cm³/mol. The molecule has 0 radical (unpaired) electrons. The minimum absolute atomic E-state index is 0.720. The fraction of sp³-hybridized carbons (Fsp3) is 0.125. The summed E-state index contributed by atoms with van der Waals surface area (Å²) in [5.41, 5.74) is 3.72. The zero-order chi connectivity index (χ0) is 15.4. The number of rotatable bonds is 4. The molecule has 0 saturated heterocycles. The minimum Gasteiger partial charge on any atom is -0.340 e. The lowest BCUT2D eigenvalue weighted by molar-refractivity contribution is 0.986. The third kappa shape index (κ3) is 3.54. The summed E-state index contributed by atoms with van der Waals surface area (Å²) < 4.78 is 0. The molecule has 2 heterocycles. The molecule has 6 heteroatoms. The van der Waals surface area contributed by atoms with Gasteiger partial charge >= 0.3 is 0 Å². The standard InChI is InChI=1S/C16H16N6/c1-11-3-8-15(22-21-11)19-13-4-6-14(7-5-13)20-16-9-12(2)17-10-18-16/h3-10H,1-2H3,(H,19,22)(H,17,18,20). The molecule has 0 atom stereocenters. The summed E-state index contributed by atoms with van der Waals surface area (Å²) in [7, 11) is 0. The maximum Gasteiger partial charge on any atom is 0.153 e. The van der Waals surface area contributed by atoms with Gasteiger partial charge in [0.1, 0.15) is 12.1 Å². The summed E-state index contributed by atoms with van der Waals surface area (Å²) >= 11 is 0. The Bertz CT molecular complexity index is 752. The van der Waals surface area contributed by atoms with Crippen LogP contribution in [0, 0.1) is 13.8 Å². The Balaban J connectivity index is 1.68. The molecular formula is C16H16N6. The van der Waals surface area contributed by atoms with Crippen LogP contribution >= 0.6 is 0 Å². The number of hydrogen-bond acceptors (Lipinski definition) is 6. The molecule has 6 nitrogen and oxygen atoms in total. The van der Waals surface area contributed by atoms with Crippen LogP contribution in [0.5, 0.6) is 0 Å². The number of aryl methyl sites for hydroxylation is 2. The van der Waals surface area contributed by atoms with E-state index in [1.54, 1.807) is 6.33 Å². The Morgan fingerprint density at radius 2 is 1.36 bits per heavy atom. The van der Waals surface area contributed by atoms with Crippen molar-refractivity contribution in [3.8, 4) is 0 Å². The number of nitrogens with one attached hydrogen (secondary N) is 2. The van der Waals surface area contributed by atoms with Gasteiger partial charge in [0.25, 0.3) is 0 Å². The van der Waals surface area contributed by atoms with Crippen molar-refractivity contribution in [2.24, 2.45) is 0 Å². The van der Waals surface area contributed by atoms with E-state index in [1.165, 1.54) is 0 Å². The normalized spacial score (nSPS) is 10.3. The fourth-order valence-corrected chi connectivity index (χ4v) is 1.92. The second-order valence-electron chi connectivity index (χ2n) is 4.93.